The van der Waals surface area contributed by atoms with Crippen LogP contribution in [0.2, 0.25) is 0 Å². The molecule has 17 heavy (non-hydrogen) atoms. The smallest absolute Gasteiger partial charge is 0.123 e. The third-order valence-electron chi connectivity index (χ3n) is 3.71. The van der Waals surface area contributed by atoms with Gasteiger partial charge in [0.1, 0.15) is 5.82 Å². The Bertz CT molecular complexity index is 350. The van der Waals surface area contributed by atoms with Gasteiger partial charge >= 0.3 is 0 Å². The molecule has 1 aromatic carbocycles. The van der Waals surface area contributed by atoms with Crippen LogP contribution in [-0.4, -0.2) is 31.1 Å². The van der Waals surface area contributed by atoms with Crippen LogP contribution in [0.15, 0.2) is 24.3 Å². The number of nitrogens with one attached hydrogen (secondary N) is 1. The van der Waals surface area contributed by atoms with E-state index in [9.17, 15) is 4.39 Å². The summed E-state index contributed by atoms with van der Waals surface area (Å²) >= 11 is 0. The lowest BCUT2D eigenvalue weighted by molar-refractivity contribution is 0.234. The number of benzene rings is 1. The highest BCUT2D eigenvalue weighted by molar-refractivity contribution is 5.20. The molecular weight excluding hydrogens is 215 g/mol. The van der Waals surface area contributed by atoms with E-state index in [0.717, 1.165) is 19.5 Å². The van der Waals surface area contributed by atoms with Gasteiger partial charge in [0.2, 0.25) is 0 Å². The van der Waals surface area contributed by atoms with Gasteiger partial charge in [-0.2, -0.15) is 0 Å². The molecule has 1 heterocycles. The maximum Gasteiger partial charge on any atom is 0.123 e. The van der Waals surface area contributed by atoms with E-state index in [0.29, 0.717) is 12.1 Å². The Morgan fingerprint density at radius 3 is 2.65 bits per heavy atom. The van der Waals surface area contributed by atoms with Gasteiger partial charge in [-0.15, -0.1) is 0 Å². The summed E-state index contributed by atoms with van der Waals surface area (Å²) in [5.74, 6) is -0.155. The topological polar surface area (TPSA) is 15.3 Å². The van der Waals surface area contributed by atoms with Crippen molar-refractivity contribution >= 4 is 0 Å². The van der Waals surface area contributed by atoms with Crippen molar-refractivity contribution in [2.45, 2.75) is 31.8 Å². The third kappa shape index (κ3) is 2.85. The summed E-state index contributed by atoms with van der Waals surface area (Å²) in [6.45, 7) is 4.41. The molecule has 3 heteroatoms. The fourth-order valence-corrected chi connectivity index (χ4v) is 2.70. The number of nitrogens with zero attached hydrogens (tertiary/aromatic N) is 1. The zero-order valence-corrected chi connectivity index (χ0v) is 10.6. The van der Waals surface area contributed by atoms with Crippen LogP contribution in [0.1, 0.15) is 31.4 Å². The number of likely N-dealkylation sites (tertiary alicyclic amines) is 1. The van der Waals surface area contributed by atoms with Crippen molar-refractivity contribution in [2.24, 2.45) is 0 Å². The molecule has 2 atom stereocenters. The van der Waals surface area contributed by atoms with Crippen molar-refractivity contribution < 1.29 is 4.39 Å². The third-order valence-corrected chi connectivity index (χ3v) is 3.71. The molecule has 0 aromatic heterocycles. The van der Waals surface area contributed by atoms with E-state index in [1.807, 2.05) is 19.2 Å². The lowest BCUT2D eigenvalue weighted by Gasteiger charge is -2.27. The predicted molar refractivity (Wildman–Crippen MR) is 68.5 cm³/mol. The van der Waals surface area contributed by atoms with E-state index in [-0.39, 0.29) is 5.82 Å². The first kappa shape index (κ1) is 12.5. The normalized spacial score (nSPS) is 22.9. The minimum absolute atomic E-state index is 0.155. The van der Waals surface area contributed by atoms with Crippen LogP contribution >= 0.6 is 0 Å². The minimum atomic E-state index is -0.155. The van der Waals surface area contributed by atoms with E-state index in [1.54, 1.807) is 12.1 Å². The molecule has 0 radical (unpaired) electrons. The van der Waals surface area contributed by atoms with Gasteiger partial charge in [0, 0.05) is 25.2 Å². The molecule has 0 saturated carbocycles. The molecule has 2 unspecified atom stereocenters. The summed E-state index contributed by atoms with van der Waals surface area (Å²) < 4.78 is 12.9. The van der Waals surface area contributed by atoms with Crippen molar-refractivity contribution in [3.05, 3.63) is 35.6 Å². The molecule has 1 fully saturated rings. The van der Waals surface area contributed by atoms with Crippen molar-refractivity contribution in [1.29, 1.82) is 0 Å². The Hall–Kier alpha value is -0.930. The van der Waals surface area contributed by atoms with Crippen LogP contribution in [0.4, 0.5) is 4.39 Å². The van der Waals surface area contributed by atoms with Crippen molar-refractivity contribution in [3.8, 4) is 0 Å². The maximum absolute atomic E-state index is 12.9. The van der Waals surface area contributed by atoms with Gasteiger partial charge in [0.15, 0.2) is 0 Å². The number of halogens is 1. The molecule has 1 aliphatic heterocycles. The van der Waals surface area contributed by atoms with Gasteiger partial charge < -0.3 is 5.32 Å². The molecule has 2 rings (SSSR count). The molecule has 0 spiro atoms. The molecule has 1 aromatic rings. The van der Waals surface area contributed by atoms with Gasteiger partial charge in [0.05, 0.1) is 0 Å². The molecule has 94 valence electrons. The van der Waals surface area contributed by atoms with Gasteiger partial charge in [0.25, 0.3) is 0 Å². The molecule has 1 N–H and O–H groups in total. The Morgan fingerprint density at radius 2 is 2.12 bits per heavy atom. The van der Waals surface area contributed by atoms with E-state index in [2.05, 4.69) is 17.1 Å². The predicted octanol–water partition coefficient (Wildman–Crippen LogP) is 2.57. The number of likely N-dealkylation sites (N-methyl/N-ethyl adjacent to an activating group) is 1. The number of hydrogen-bond acceptors (Lipinski definition) is 2. The molecule has 0 bridgehead atoms. The minimum Gasteiger partial charge on any atom is -0.316 e. The largest absolute Gasteiger partial charge is 0.316 e. The van der Waals surface area contributed by atoms with Crippen molar-refractivity contribution in [2.75, 3.05) is 20.1 Å². The van der Waals surface area contributed by atoms with E-state index in [1.165, 1.54) is 12.0 Å². The summed E-state index contributed by atoms with van der Waals surface area (Å²) in [6, 6.07) is 7.97. The quantitative estimate of drug-likeness (QED) is 0.864. The molecular formula is C14H21FN2. The van der Waals surface area contributed by atoms with Crippen molar-refractivity contribution in [3.63, 3.8) is 0 Å². The Balaban J connectivity index is 2.08. The fourth-order valence-electron chi connectivity index (χ4n) is 2.70. The number of rotatable bonds is 4. The maximum atomic E-state index is 12.9. The first-order chi connectivity index (χ1) is 8.24. The van der Waals surface area contributed by atoms with Crippen LogP contribution < -0.4 is 5.32 Å². The second kappa shape index (κ2) is 5.61. The highest BCUT2D eigenvalue weighted by atomic mass is 19.1. The highest BCUT2D eigenvalue weighted by Gasteiger charge is 2.27. The summed E-state index contributed by atoms with van der Waals surface area (Å²) in [6.07, 6.45) is 2.27. The summed E-state index contributed by atoms with van der Waals surface area (Å²) in [7, 11) is 2.02. The van der Waals surface area contributed by atoms with Gasteiger partial charge in [-0.1, -0.05) is 19.1 Å². The highest BCUT2D eigenvalue weighted by Crippen LogP contribution is 2.27. The molecule has 1 aliphatic rings. The lowest BCUT2D eigenvalue weighted by Crippen LogP contribution is -2.31. The first-order valence-corrected chi connectivity index (χ1v) is 6.41. The summed E-state index contributed by atoms with van der Waals surface area (Å²) in [4.78, 5) is 2.49. The second-order valence-electron chi connectivity index (χ2n) is 4.74. The molecule has 0 amide bonds. The Kier molecular flexibility index (Phi) is 4.13. The molecule has 2 nitrogen and oxygen atoms in total. The number of hydrogen-bond donors (Lipinski definition) is 1. The van der Waals surface area contributed by atoms with Gasteiger partial charge in [-0.05, 0) is 37.6 Å². The zero-order chi connectivity index (χ0) is 12.3. The van der Waals surface area contributed by atoms with E-state index in [4.69, 9.17) is 0 Å². The van der Waals surface area contributed by atoms with Crippen LogP contribution in [0.25, 0.3) is 0 Å². The SMILES string of the molecule is CCC(c1ccc(F)cc1)N1CCC(NC)C1. The average Bonchev–Trinajstić information content (AvgIpc) is 2.81. The molecule has 0 aliphatic carbocycles. The second-order valence-corrected chi connectivity index (χ2v) is 4.74. The molecule has 1 saturated heterocycles. The summed E-state index contributed by atoms with van der Waals surface area (Å²) in [5, 5.41) is 3.33. The van der Waals surface area contributed by atoms with Crippen LogP contribution in [-0.2, 0) is 0 Å². The van der Waals surface area contributed by atoms with E-state index >= 15 is 0 Å². The van der Waals surface area contributed by atoms with Crippen molar-refractivity contribution in [1.82, 2.24) is 10.2 Å². The monoisotopic (exact) mass is 236 g/mol. The standard InChI is InChI=1S/C14H21FN2/c1-3-14(11-4-6-12(15)7-5-11)17-9-8-13(10-17)16-2/h4-7,13-14,16H,3,8-10H2,1-2H3. The van der Waals surface area contributed by atoms with Gasteiger partial charge in [-0.3, -0.25) is 4.90 Å². The zero-order valence-electron chi connectivity index (χ0n) is 10.6. The lowest BCUT2D eigenvalue weighted by atomic mass is 10.0. The van der Waals surface area contributed by atoms with Gasteiger partial charge in [-0.25, -0.2) is 4.39 Å². The van der Waals surface area contributed by atoms with Crippen LogP contribution in [0.5, 0.6) is 0 Å². The van der Waals surface area contributed by atoms with E-state index < -0.39 is 0 Å². The first-order valence-electron chi connectivity index (χ1n) is 6.41. The average molecular weight is 236 g/mol. The van der Waals surface area contributed by atoms with Crippen LogP contribution in [0.3, 0.4) is 0 Å². The fraction of sp³-hybridized carbons (Fsp3) is 0.571. The van der Waals surface area contributed by atoms with Crippen LogP contribution in [0, 0.1) is 5.82 Å². The summed E-state index contributed by atoms with van der Waals surface area (Å²) in [5.41, 5.74) is 1.23. The Labute approximate surface area is 103 Å². The Morgan fingerprint density at radius 1 is 1.41 bits per heavy atom.